The Labute approximate surface area is 170 Å². The molecule has 1 saturated heterocycles. The summed E-state index contributed by atoms with van der Waals surface area (Å²) in [7, 11) is 1.68. The number of benzene rings is 1. The first kappa shape index (κ1) is 17.5. The zero-order valence-electron chi connectivity index (χ0n) is 13.9. The molecule has 1 aromatic carbocycles. The highest BCUT2D eigenvalue weighted by molar-refractivity contribution is 9.10. The van der Waals surface area contributed by atoms with Crippen molar-refractivity contribution in [1.82, 2.24) is 10.3 Å². The fourth-order valence-electron chi connectivity index (χ4n) is 3.22. The zero-order valence-corrected chi connectivity index (χ0v) is 17.1. The highest BCUT2D eigenvalue weighted by Gasteiger charge is 2.42. The summed E-state index contributed by atoms with van der Waals surface area (Å²) in [6.07, 6.45) is 1.81. The molecule has 26 heavy (non-hydrogen) atoms. The van der Waals surface area contributed by atoms with Crippen molar-refractivity contribution in [2.45, 2.75) is 12.1 Å². The van der Waals surface area contributed by atoms with Gasteiger partial charge in [-0.05, 0) is 58.5 Å². The van der Waals surface area contributed by atoms with Crippen molar-refractivity contribution in [3.05, 3.63) is 75.2 Å². The summed E-state index contributed by atoms with van der Waals surface area (Å²) >= 11 is 11.0. The van der Waals surface area contributed by atoms with Crippen LogP contribution in [-0.2, 0) is 0 Å². The lowest BCUT2D eigenvalue weighted by molar-refractivity contribution is 0.414. The number of aromatic nitrogens is 1. The Morgan fingerprint density at radius 2 is 2.04 bits per heavy atom. The number of nitrogens with zero attached hydrogens (tertiary/aromatic N) is 2. The third-order valence-electron chi connectivity index (χ3n) is 4.32. The van der Waals surface area contributed by atoms with Crippen molar-refractivity contribution in [3.8, 4) is 5.75 Å². The minimum Gasteiger partial charge on any atom is -0.495 e. The third-order valence-corrected chi connectivity index (χ3v) is 6.40. The van der Waals surface area contributed by atoms with Gasteiger partial charge < -0.3 is 15.0 Å². The Kier molecular flexibility index (Phi) is 4.93. The molecule has 4 nitrogen and oxygen atoms in total. The van der Waals surface area contributed by atoms with E-state index in [4.69, 9.17) is 17.0 Å². The Morgan fingerprint density at radius 1 is 1.23 bits per heavy atom. The van der Waals surface area contributed by atoms with Gasteiger partial charge in [0.15, 0.2) is 5.11 Å². The molecule has 3 aromatic rings. The van der Waals surface area contributed by atoms with Crippen LogP contribution < -0.4 is 15.0 Å². The van der Waals surface area contributed by atoms with Gasteiger partial charge in [0.05, 0.1) is 30.6 Å². The van der Waals surface area contributed by atoms with Crippen LogP contribution in [0.2, 0.25) is 0 Å². The smallest absolute Gasteiger partial charge is 0.174 e. The molecular weight excluding hydrogens is 430 g/mol. The summed E-state index contributed by atoms with van der Waals surface area (Å²) in [5, 5.41) is 6.21. The first-order valence-electron chi connectivity index (χ1n) is 8.06. The summed E-state index contributed by atoms with van der Waals surface area (Å²) in [4.78, 5) is 7.89. The van der Waals surface area contributed by atoms with Crippen molar-refractivity contribution < 1.29 is 4.74 Å². The highest BCUT2D eigenvalue weighted by Crippen LogP contribution is 2.46. The molecule has 0 radical (unpaired) electrons. The van der Waals surface area contributed by atoms with Gasteiger partial charge in [0.2, 0.25) is 0 Å². The van der Waals surface area contributed by atoms with E-state index in [0.29, 0.717) is 5.11 Å². The predicted molar refractivity (Wildman–Crippen MR) is 113 cm³/mol. The summed E-state index contributed by atoms with van der Waals surface area (Å²) < 4.78 is 6.65. The first-order valence-corrected chi connectivity index (χ1v) is 10.1. The fourth-order valence-corrected chi connectivity index (χ4v) is 5.13. The molecule has 132 valence electrons. The second-order valence-electron chi connectivity index (χ2n) is 5.84. The molecule has 1 N–H and O–H groups in total. The number of halogens is 1. The molecule has 2 atom stereocenters. The van der Waals surface area contributed by atoms with Crippen molar-refractivity contribution in [3.63, 3.8) is 0 Å². The minimum atomic E-state index is -0.0424. The standard InChI is InChI=1S/C19H16BrN3OS2/c1-24-15-8-3-2-7-14(15)23-18(16-10-12(20)11-26-16)17(22-19(23)25)13-6-4-5-9-21-13/h2-11,17-18H,1H3,(H,22,25)/t17-,18-/m0/s1. The summed E-state index contributed by atoms with van der Waals surface area (Å²) in [6, 6.07) is 16.0. The molecule has 0 aliphatic carbocycles. The lowest BCUT2D eigenvalue weighted by Crippen LogP contribution is -2.29. The number of hydrogen-bond donors (Lipinski definition) is 1. The molecule has 1 aliphatic heterocycles. The Balaban J connectivity index is 1.85. The van der Waals surface area contributed by atoms with E-state index in [9.17, 15) is 0 Å². The summed E-state index contributed by atoms with van der Waals surface area (Å²) in [6.45, 7) is 0. The van der Waals surface area contributed by atoms with E-state index in [0.717, 1.165) is 21.6 Å². The monoisotopic (exact) mass is 445 g/mol. The van der Waals surface area contributed by atoms with Crippen LogP contribution in [0.4, 0.5) is 5.69 Å². The lowest BCUT2D eigenvalue weighted by Gasteiger charge is -2.28. The van der Waals surface area contributed by atoms with Gasteiger partial charge in [-0.15, -0.1) is 11.3 Å². The number of pyridine rings is 1. The molecule has 0 bridgehead atoms. The van der Waals surface area contributed by atoms with Crippen molar-refractivity contribution in [1.29, 1.82) is 0 Å². The largest absolute Gasteiger partial charge is 0.495 e. The van der Waals surface area contributed by atoms with Gasteiger partial charge in [-0.1, -0.05) is 18.2 Å². The first-order chi connectivity index (χ1) is 12.7. The van der Waals surface area contributed by atoms with Gasteiger partial charge in [-0.25, -0.2) is 0 Å². The second kappa shape index (κ2) is 7.34. The number of para-hydroxylation sites is 2. The van der Waals surface area contributed by atoms with Gasteiger partial charge in [0, 0.05) is 20.9 Å². The molecule has 2 aromatic heterocycles. The normalized spacial score (nSPS) is 19.5. The third kappa shape index (κ3) is 3.11. The minimum absolute atomic E-state index is 0.00926. The number of rotatable bonds is 4. The summed E-state index contributed by atoms with van der Waals surface area (Å²) in [5.74, 6) is 0.791. The van der Waals surface area contributed by atoms with Gasteiger partial charge in [-0.3, -0.25) is 4.98 Å². The second-order valence-corrected chi connectivity index (χ2v) is 8.08. The van der Waals surface area contributed by atoms with Gasteiger partial charge >= 0.3 is 0 Å². The number of thiophene rings is 1. The SMILES string of the molecule is COc1ccccc1N1C(=S)N[C@@H](c2ccccn2)[C@@H]1c1cc(Br)cs1. The van der Waals surface area contributed by atoms with E-state index in [1.165, 1.54) is 4.88 Å². The van der Waals surface area contributed by atoms with E-state index in [1.54, 1.807) is 18.4 Å². The molecule has 0 saturated carbocycles. The molecule has 4 rings (SSSR count). The average Bonchev–Trinajstić information content (AvgIpc) is 3.25. The average molecular weight is 446 g/mol. The maximum Gasteiger partial charge on any atom is 0.174 e. The highest BCUT2D eigenvalue weighted by atomic mass is 79.9. The van der Waals surface area contributed by atoms with Crippen LogP contribution in [0.3, 0.4) is 0 Å². The number of thiocarbonyl (C=S) groups is 1. The quantitative estimate of drug-likeness (QED) is 0.565. The van der Waals surface area contributed by atoms with Crippen LogP contribution in [0.25, 0.3) is 0 Å². The van der Waals surface area contributed by atoms with Crippen LogP contribution in [-0.4, -0.2) is 17.2 Å². The van der Waals surface area contributed by atoms with Crippen LogP contribution in [0.5, 0.6) is 5.75 Å². The predicted octanol–water partition coefficient (Wildman–Crippen LogP) is 5.09. The van der Waals surface area contributed by atoms with Crippen LogP contribution in [0.15, 0.2) is 64.6 Å². The van der Waals surface area contributed by atoms with Gasteiger partial charge in [0.1, 0.15) is 5.75 Å². The summed E-state index contributed by atoms with van der Waals surface area (Å²) in [5.41, 5.74) is 1.90. The number of ether oxygens (including phenoxy) is 1. The molecule has 0 amide bonds. The van der Waals surface area contributed by atoms with Gasteiger partial charge in [-0.2, -0.15) is 0 Å². The number of nitrogens with one attached hydrogen (secondary N) is 1. The van der Waals surface area contributed by atoms with Crippen LogP contribution in [0, 0.1) is 0 Å². The fraction of sp³-hybridized carbons (Fsp3) is 0.158. The van der Waals surface area contributed by atoms with E-state index in [2.05, 4.69) is 42.6 Å². The molecule has 1 aliphatic rings. The van der Waals surface area contributed by atoms with Gasteiger partial charge in [0.25, 0.3) is 0 Å². The van der Waals surface area contributed by atoms with E-state index in [1.807, 2.05) is 48.7 Å². The molecular formula is C19H16BrN3OS2. The zero-order chi connectivity index (χ0) is 18.1. The Bertz CT molecular complexity index is 931. The Hall–Kier alpha value is -1.96. The molecule has 0 spiro atoms. The van der Waals surface area contributed by atoms with Crippen LogP contribution >= 0.6 is 39.5 Å². The molecule has 3 heterocycles. The van der Waals surface area contributed by atoms with Crippen molar-refractivity contribution >= 4 is 50.3 Å². The number of methoxy groups -OCH3 is 1. The number of anilines is 1. The van der Waals surface area contributed by atoms with E-state index in [-0.39, 0.29) is 12.1 Å². The molecule has 7 heteroatoms. The maximum atomic E-state index is 5.72. The Morgan fingerprint density at radius 3 is 2.73 bits per heavy atom. The lowest BCUT2D eigenvalue weighted by atomic mass is 10.0. The van der Waals surface area contributed by atoms with Crippen LogP contribution in [0.1, 0.15) is 22.7 Å². The van der Waals surface area contributed by atoms with Crippen molar-refractivity contribution in [2.75, 3.05) is 12.0 Å². The molecule has 1 fully saturated rings. The van der Waals surface area contributed by atoms with E-state index < -0.39 is 0 Å². The topological polar surface area (TPSA) is 37.4 Å². The molecule has 0 unspecified atom stereocenters. The number of hydrogen-bond acceptors (Lipinski definition) is 4. The van der Waals surface area contributed by atoms with Crippen molar-refractivity contribution in [2.24, 2.45) is 0 Å². The van der Waals surface area contributed by atoms with E-state index >= 15 is 0 Å². The maximum absolute atomic E-state index is 5.72.